The van der Waals surface area contributed by atoms with Crippen LogP contribution in [-0.4, -0.2) is 66.7 Å². The fraction of sp³-hybridized carbons (Fsp3) is 0.500. The molecule has 3 heterocycles. The number of hydrogen-bond donors (Lipinski definition) is 2. The Morgan fingerprint density at radius 2 is 1.96 bits per heavy atom. The first kappa shape index (κ1) is 17.6. The van der Waals surface area contributed by atoms with Crippen LogP contribution < -0.4 is 20.1 Å². The first-order chi connectivity index (χ1) is 13.0. The van der Waals surface area contributed by atoms with Crippen molar-refractivity contribution in [3.63, 3.8) is 0 Å². The van der Waals surface area contributed by atoms with Crippen LogP contribution >= 0.6 is 0 Å². The third-order valence-electron chi connectivity index (χ3n) is 5.37. The summed E-state index contributed by atoms with van der Waals surface area (Å²) in [6.45, 7) is 2.06. The molecule has 1 aromatic rings. The van der Waals surface area contributed by atoms with E-state index >= 15 is 0 Å². The number of ether oxygens (including phenoxy) is 2. The van der Waals surface area contributed by atoms with Crippen LogP contribution in [0, 0.1) is 0 Å². The molecule has 0 unspecified atom stereocenters. The van der Waals surface area contributed by atoms with E-state index in [1.165, 1.54) is 7.05 Å². The van der Waals surface area contributed by atoms with E-state index in [1.54, 1.807) is 0 Å². The zero-order valence-electron chi connectivity index (χ0n) is 15.1. The van der Waals surface area contributed by atoms with E-state index in [2.05, 4.69) is 10.6 Å². The standard InChI is InChI=1S/C18H22N4O5/c1-21-16(24)18(20-17(21)25)4-6-22(7-5-18)10-15(23)19-9-12-2-3-13-14(8-12)27-11-26-13/h2-3,8H,4-7,9-11H2,1H3,(H,19,23)(H,20,25). The van der Waals surface area contributed by atoms with Gasteiger partial charge in [-0.2, -0.15) is 0 Å². The Kier molecular flexibility index (Phi) is 4.39. The molecule has 4 rings (SSSR count). The van der Waals surface area contributed by atoms with E-state index in [1.807, 2.05) is 23.1 Å². The molecule has 2 saturated heterocycles. The van der Waals surface area contributed by atoms with Crippen LogP contribution in [0.2, 0.25) is 0 Å². The van der Waals surface area contributed by atoms with Gasteiger partial charge in [0, 0.05) is 26.7 Å². The number of hydrogen-bond acceptors (Lipinski definition) is 6. The van der Waals surface area contributed by atoms with Gasteiger partial charge in [0.1, 0.15) is 5.54 Å². The van der Waals surface area contributed by atoms with Crippen molar-refractivity contribution in [1.82, 2.24) is 20.4 Å². The van der Waals surface area contributed by atoms with Gasteiger partial charge in [0.05, 0.1) is 6.54 Å². The number of rotatable bonds is 4. The third-order valence-corrected chi connectivity index (χ3v) is 5.37. The van der Waals surface area contributed by atoms with Crippen molar-refractivity contribution >= 4 is 17.8 Å². The van der Waals surface area contributed by atoms with Crippen molar-refractivity contribution < 1.29 is 23.9 Å². The molecule has 0 aromatic heterocycles. The number of piperidine rings is 1. The Morgan fingerprint density at radius 1 is 1.22 bits per heavy atom. The van der Waals surface area contributed by atoms with Gasteiger partial charge >= 0.3 is 6.03 Å². The maximum absolute atomic E-state index is 12.3. The molecule has 1 aromatic carbocycles. The monoisotopic (exact) mass is 374 g/mol. The highest BCUT2D eigenvalue weighted by Crippen LogP contribution is 2.32. The topological polar surface area (TPSA) is 100 Å². The predicted molar refractivity (Wildman–Crippen MR) is 94.1 cm³/mol. The van der Waals surface area contributed by atoms with Crippen molar-refractivity contribution in [2.45, 2.75) is 24.9 Å². The molecular weight excluding hydrogens is 352 g/mol. The van der Waals surface area contributed by atoms with E-state index < -0.39 is 5.54 Å². The lowest BCUT2D eigenvalue weighted by Crippen LogP contribution is -2.55. The summed E-state index contributed by atoms with van der Waals surface area (Å²) in [6.07, 6.45) is 1.02. The highest BCUT2D eigenvalue weighted by Gasteiger charge is 2.50. The zero-order valence-corrected chi connectivity index (χ0v) is 15.1. The van der Waals surface area contributed by atoms with Crippen LogP contribution in [0.4, 0.5) is 4.79 Å². The van der Waals surface area contributed by atoms with E-state index in [-0.39, 0.29) is 31.2 Å². The molecule has 4 amide bonds. The van der Waals surface area contributed by atoms with Gasteiger partial charge in [-0.15, -0.1) is 0 Å². The second-order valence-electron chi connectivity index (χ2n) is 7.12. The number of likely N-dealkylation sites (tertiary alicyclic amines) is 1. The second kappa shape index (κ2) is 6.73. The van der Waals surface area contributed by atoms with Crippen LogP contribution in [0.1, 0.15) is 18.4 Å². The Bertz CT molecular complexity index is 788. The molecule has 1 spiro atoms. The molecule has 144 valence electrons. The molecule has 9 nitrogen and oxygen atoms in total. The number of amides is 4. The number of benzene rings is 1. The summed E-state index contributed by atoms with van der Waals surface area (Å²) in [5.74, 6) is 1.14. The van der Waals surface area contributed by atoms with Gasteiger partial charge in [0.15, 0.2) is 11.5 Å². The van der Waals surface area contributed by atoms with Crippen LogP contribution in [0.5, 0.6) is 11.5 Å². The fourth-order valence-electron chi connectivity index (χ4n) is 3.70. The molecule has 0 bridgehead atoms. The van der Waals surface area contributed by atoms with Crippen LogP contribution in [0.15, 0.2) is 18.2 Å². The lowest BCUT2D eigenvalue weighted by atomic mass is 9.87. The summed E-state index contributed by atoms with van der Waals surface area (Å²) in [7, 11) is 1.49. The SMILES string of the molecule is CN1C(=O)NC2(CCN(CC(=O)NCc3ccc4c(c3)OCO4)CC2)C1=O. The van der Waals surface area contributed by atoms with Crippen molar-refractivity contribution in [3.05, 3.63) is 23.8 Å². The lowest BCUT2D eigenvalue weighted by Gasteiger charge is -2.36. The molecule has 9 heteroatoms. The molecule has 0 aliphatic carbocycles. The number of nitrogens with one attached hydrogen (secondary N) is 2. The quantitative estimate of drug-likeness (QED) is 0.723. The van der Waals surface area contributed by atoms with Crippen molar-refractivity contribution in [2.75, 3.05) is 33.5 Å². The number of imide groups is 1. The molecule has 27 heavy (non-hydrogen) atoms. The minimum Gasteiger partial charge on any atom is -0.454 e. The van der Waals surface area contributed by atoms with E-state index in [9.17, 15) is 14.4 Å². The van der Waals surface area contributed by atoms with Crippen molar-refractivity contribution in [1.29, 1.82) is 0 Å². The van der Waals surface area contributed by atoms with E-state index in [0.29, 0.717) is 44.0 Å². The van der Waals surface area contributed by atoms with Gasteiger partial charge < -0.3 is 20.1 Å². The average Bonchev–Trinajstić information content (AvgIpc) is 3.21. The molecule has 0 radical (unpaired) electrons. The maximum atomic E-state index is 12.3. The number of nitrogens with zero attached hydrogens (tertiary/aromatic N) is 2. The van der Waals surface area contributed by atoms with Gasteiger partial charge in [-0.25, -0.2) is 4.79 Å². The number of likely N-dealkylation sites (N-methyl/N-ethyl adjacent to an activating group) is 1. The van der Waals surface area contributed by atoms with Crippen molar-refractivity contribution in [2.24, 2.45) is 0 Å². The summed E-state index contributed by atoms with van der Waals surface area (Å²) in [5.41, 5.74) is 0.137. The molecular formula is C18H22N4O5. The van der Waals surface area contributed by atoms with Gasteiger partial charge in [-0.1, -0.05) is 6.07 Å². The predicted octanol–water partition coefficient (Wildman–Crippen LogP) is 0.0477. The lowest BCUT2D eigenvalue weighted by molar-refractivity contribution is -0.132. The number of fused-ring (bicyclic) bond motifs is 1. The molecule has 2 fully saturated rings. The minimum absolute atomic E-state index is 0.0810. The summed E-state index contributed by atoms with van der Waals surface area (Å²) in [4.78, 5) is 39.4. The maximum Gasteiger partial charge on any atom is 0.324 e. The number of carbonyl (C=O) groups is 3. The highest BCUT2D eigenvalue weighted by molar-refractivity contribution is 6.06. The van der Waals surface area contributed by atoms with Crippen LogP contribution in [0.25, 0.3) is 0 Å². The minimum atomic E-state index is -0.800. The number of urea groups is 1. The van der Waals surface area contributed by atoms with Crippen LogP contribution in [-0.2, 0) is 16.1 Å². The molecule has 0 atom stereocenters. The first-order valence-corrected chi connectivity index (χ1v) is 8.95. The highest BCUT2D eigenvalue weighted by atomic mass is 16.7. The fourth-order valence-corrected chi connectivity index (χ4v) is 3.70. The Balaban J connectivity index is 1.25. The molecule has 3 aliphatic heterocycles. The van der Waals surface area contributed by atoms with E-state index in [0.717, 1.165) is 10.5 Å². The summed E-state index contributed by atoms with van der Waals surface area (Å²) < 4.78 is 10.6. The second-order valence-corrected chi connectivity index (χ2v) is 7.12. The number of carbonyl (C=O) groups excluding carboxylic acids is 3. The molecule has 3 aliphatic rings. The smallest absolute Gasteiger partial charge is 0.324 e. The van der Waals surface area contributed by atoms with Gasteiger partial charge in [-0.05, 0) is 30.5 Å². The zero-order chi connectivity index (χ0) is 19.0. The average molecular weight is 374 g/mol. The van der Waals surface area contributed by atoms with Gasteiger partial charge in [-0.3, -0.25) is 19.4 Å². The normalized spacial score (nSPS) is 20.9. The van der Waals surface area contributed by atoms with Gasteiger partial charge in [0.25, 0.3) is 5.91 Å². The largest absolute Gasteiger partial charge is 0.454 e. The molecule has 0 saturated carbocycles. The Hall–Kier alpha value is -2.81. The summed E-state index contributed by atoms with van der Waals surface area (Å²) >= 11 is 0. The Morgan fingerprint density at radius 3 is 2.67 bits per heavy atom. The first-order valence-electron chi connectivity index (χ1n) is 8.95. The molecule has 2 N–H and O–H groups in total. The van der Waals surface area contributed by atoms with Gasteiger partial charge in [0.2, 0.25) is 12.7 Å². The van der Waals surface area contributed by atoms with Crippen LogP contribution in [0.3, 0.4) is 0 Å². The third kappa shape index (κ3) is 3.30. The Labute approximate surface area is 156 Å². The van der Waals surface area contributed by atoms with E-state index in [4.69, 9.17) is 9.47 Å². The van der Waals surface area contributed by atoms with Crippen molar-refractivity contribution in [3.8, 4) is 11.5 Å². The summed E-state index contributed by atoms with van der Waals surface area (Å²) in [5, 5.41) is 5.70. The summed E-state index contributed by atoms with van der Waals surface area (Å²) in [6, 6.07) is 5.23.